The van der Waals surface area contributed by atoms with Crippen LogP contribution in [0.4, 0.5) is 0 Å². The monoisotopic (exact) mass is 429 g/mol. The summed E-state index contributed by atoms with van der Waals surface area (Å²) in [5.41, 5.74) is 0.498. The van der Waals surface area contributed by atoms with E-state index < -0.39 is 6.04 Å². The maximum Gasteiger partial charge on any atom is 0.251 e. The molecule has 4 aliphatic carbocycles. The van der Waals surface area contributed by atoms with E-state index in [1.54, 1.807) is 24.3 Å². The molecule has 162 valence electrons. The lowest BCUT2D eigenvalue weighted by Crippen LogP contribution is -2.64. The molecule has 1 saturated heterocycles. The van der Waals surface area contributed by atoms with Crippen molar-refractivity contribution in [3.63, 3.8) is 0 Å². The number of amides is 2. The molecule has 6 rings (SSSR count). The van der Waals surface area contributed by atoms with Crippen molar-refractivity contribution in [3.05, 3.63) is 34.9 Å². The minimum Gasteiger partial charge on any atom is -0.340 e. The second-order valence-corrected chi connectivity index (χ2v) is 10.8. The zero-order valence-electron chi connectivity index (χ0n) is 17.8. The number of rotatable bonds is 4. The molecule has 1 heterocycles. The molecule has 5 nitrogen and oxygen atoms in total. The van der Waals surface area contributed by atoms with Crippen LogP contribution in [0, 0.1) is 23.2 Å². The maximum absolute atomic E-state index is 13.8. The van der Waals surface area contributed by atoms with Crippen LogP contribution in [0.15, 0.2) is 24.3 Å². The van der Waals surface area contributed by atoms with Crippen LogP contribution < -0.4 is 5.32 Å². The van der Waals surface area contributed by atoms with Crippen molar-refractivity contribution in [2.75, 3.05) is 33.2 Å². The van der Waals surface area contributed by atoms with E-state index in [-0.39, 0.29) is 17.2 Å². The summed E-state index contributed by atoms with van der Waals surface area (Å²) in [4.78, 5) is 31.2. The van der Waals surface area contributed by atoms with Gasteiger partial charge in [0.05, 0.1) is 0 Å². The highest BCUT2D eigenvalue weighted by Gasteiger charge is 2.57. The van der Waals surface area contributed by atoms with Crippen LogP contribution in [0.1, 0.15) is 48.9 Å². The number of hydrogen-bond acceptors (Lipinski definition) is 3. The molecule has 1 atom stereocenters. The number of carbonyl (C=O) groups is 2. The Bertz CT molecular complexity index is 781. The Balaban J connectivity index is 1.42. The van der Waals surface area contributed by atoms with E-state index in [0.717, 1.165) is 63.2 Å². The second-order valence-electron chi connectivity index (χ2n) is 10.3. The fourth-order valence-electron chi connectivity index (χ4n) is 7.03. The van der Waals surface area contributed by atoms with Crippen molar-refractivity contribution in [3.8, 4) is 0 Å². The lowest BCUT2D eigenvalue weighted by atomic mass is 9.47. The minimum absolute atomic E-state index is 0.0722. The van der Waals surface area contributed by atoms with Crippen molar-refractivity contribution >= 4 is 23.4 Å². The molecule has 1 aliphatic heterocycles. The lowest BCUT2D eigenvalue weighted by Gasteiger charge is -2.59. The Morgan fingerprint density at radius 3 is 2.03 bits per heavy atom. The van der Waals surface area contributed by atoms with Gasteiger partial charge in [-0.15, -0.1) is 0 Å². The number of likely N-dealkylation sites (N-methyl/N-ethyl adjacent to an activating group) is 1. The third kappa shape index (κ3) is 3.75. The Labute approximate surface area is 184 Å². The van der Waals surface area contributed by atoms with E-state index >= 15 is 0 Å². The third-order valence-corrected chi connectivity index (χ3v) is 8.39. The van der Waals surface area contributed by atoms with Crippen LogP contribution in [0.3, 0.4) is 0 Å². The first-order valence-corrected chi connectivity index (χ1v) is 11.8. The van der Waals surface area contributed by atoms with E-state index in [9.17, 15) is 9.59 Å². The van der Waals surface area contributed by atoms with Gasteiger partial charge in [-0.05, 0) is 87.6 Å². The average Bonchev–Trinajstić information content (AvgIpc) is 2.71. The Morgan fingerprint density at radius 2 is 1.50 bits per heavy atom. The molecule has 0 radical (unpaired) electrons. The molecule has 4 bridgehead atoms. The molecular formula is C24H32ClN3O2. The molecule has 0 unspecified atom stereocenters. The second kappa shape index (κ2) is 7.83. The van der Waals surface area contributed by atoms with Gasteiger partial charge in [0.15, 0.2) is 0 Å². The molecule has 30 heavy (non-hydrogen) atoms. The maximum atomic E-state index is 13.8. The van der Waals surface area contributed by atoms with Crippen LogP contribution in [-0.4, -0.2) is 60.9 Å². The summed E-state index contributed by atoms with van der Waals surface area (Å²) in [6, 6.07) is 6.54. The molecule has 5 aliphatic rings. The first-order valence-electron chi connectivity index (χ1n) is 11.5. The van der Waals surface area contributed by atoms with Gasteiger partial charge in [0.1, 0.15) is 6.04 Å². The van der Waals surface area contributed by atoms with Crippen molar-refractivity contribution in [2.45, 2.75) is 44.6 Å². The summed E-state index contributed by atoms with van der Waals surface area (Å²) >= 11 is 6.00. The summed E-state index contributed by atoms with van der Waals surface area (Å²) in [6.07, 6.45) is 7.22. The quantitative estimate of drug-likeness (QED) is 0.797. The van der Waals surface area contributed by atoms with E-state index in [4.69, 9.17) is 11.6 Å². The Hall–Kier alpha value is -1.59. The van der Waals surface area contributed by atoms with E-state index in [1.807, 2.05) is 4.90 Å². The average molecular weight is 430 g/mol. The smallest absolute Gasteiger partial charge is 0.251 e. The number of halogens is 1. The van der Waals surface area contributed by atoms with E-state index in [0.29, 0.717) is 10.6 Å². The van der Waals surface area contributed by atoms with Crippen LogP contribution in [0.25, 0.3) is 0 Å². The molecule has 1 aromatic carbocycles. The zero-order chi connectivity index (χ0) is 20.9. The number of hydrogen-bond donors (Lipinski definition) is 1. The van der Waals surface area contributed by atoms with Crippen LogP contribution in [0.2, 0.25) is 5.02 Å². The van der Waals surface area contributed by atoms with Gasteiger partial charge in [0.2, 0.25) is 5.91 Å². The van der Waals surface area contributed by atoms with Gasteiger partial charge in [-0.25, -0.2) is 0 Å². The van der Waals surface area contributed by atoms with Crippen LogP contribution >= 0.6 is 11.6 Å². The minimum atomic E-state index is -0.419. The topological polar surface area (TPSA) is 52.6 Å². The summed E-state index contributed by atoms with van der Waals surface area (Å²) in [5.74, 6) is 2.16. The normalized spacial score (nSPS) is 34.1. The Kier molecular flexibility index (Phi) is 5.30. The van der Waals surface area contributed by atoms with Crippen molar-refractivity contribution < 1.29 is 9.59 Å². The van der Waals surface area contributed by atoms with Crippen molar-refractivity contribution in [1.82, 2.24) is 15.1 Å². The Morgan fingerprint density at radius 1 is 0.967 bits per heavy atom. The number of carbonyl (C=O) groups excluding carboxylic acids is 2. The first-order chi connectivity index (χ1) is 14.4. The predicted molar refractivity (Wildman–Crippen MR) is 117 cm³/mol. The highest BCUT2D eigenvalue weighted by molar-refractivity contribution is 6.30. The highest BCUT2D eigenvalue weighted by Crippen LogP contribution is 2.61. The molecule has 2 amide bonds. The largest absolute Gasteiger partial charge is 0.340 e. The van der Waals surface area contributed by atoms with E-state index in [1.165, 1.54) is 19.3 Å². The fraction of sp³-hybridized carbons (Fsp3) is 0.667. The summed E-state index contributed by atoms with van der Waals surface area (Å²) in [7, 11) is 2.10. The summed E-state index contributed by atoms with van der Waals surface area (Å²) in [5, 5.41) is 3.84. The van der Waals surface area contributed by atoms with Crippen molar-refractivity contribution in [1.29, 1.82) is 0 Å². The molecular weight excluding hydrogens is 398 g/mol. The van der Waals surface area contributed by atoms with Gasteiger partial charge < -0.3 is 15.1 Å². The number of piperazine rings is 1. The fourth-order valence-corrected chi connectivity index (χ4v) is 7.16. The highest BCUT2D eigenvalue weighted by atomic mass is 35.5. The molecule has 0 aromatic heterocycles. The van der Waals surface area contributed by atoms with Crippen molar-refractivity contribution in [2.24, 2.45) is 23.2 Å². The molecule has 0 spiro atoms. The predicted octanol–water partition coefficient (Wildman–Crippen LogP) is 3.43. The summed E-state index contributed by atoms with van der Waals surface area (Å²) in [6.45, 7) is 3.28. The molecule has 1 aromatic rings. The molecule has 5 fully saturated rings. The lowest BCUT2D eigenvalue weighted by molar-refractivity contribution is -0.146. The van der Waals surface area contributed by atoms with Gasteiger partial charge in [-0.2, -0.15) is 0 Å². The van der Waals surface area contributed by atoms with Gasteiger partial charge in [-0.3, -0.25) is 9.59 Å². The van der Waals surface area contributed by atoms with Gasteiger partial charge >= 0.3 is 0 Å². The van der Waals surface area contributed by atoms with Gasteiger partial charge in [-0.1, -0.05) is 11.6 Å². The SMILES string of the molecule is CN1CCN(C(=O)[C@H](NC(=O)c2ccc(Cl)cc2)C23CC4CC(CC(C4)C2)C3)CC1. The number of benzene rings is 1. The van der Waals surface area contributed by atoms with Crippen LogP contribution in [0.5, 0.6) is 0 Å². The number of nitrogens with one attached hydrogen (secondary N) is 1. The molecule has 6 heteroatoms. The third-order valence-electron chi connectivity index (χ3n) is 8.14. The molecule has 4 saturated carbocycles. The zero-order valence-corrected chi connectivity index (χ0v) is 18.5. The number of nitrogens with zero attached hydrogens (tertiary/aromatic N) is 2. The van der Waals surface area contributed by atoms with E-state index in [2.05, 4.69) is 17.3 Å². The van der Waals surface area contributed by atoms with Crippen LogP contribution in [-0.2, 0) is 4.79 Å². The standard InChI is InChI=1S/C24H32ClN3O2/c1-27-6-8-28(9-7-27)23(30)21(26-22(29)19-2-4-20(25)5-3-19)24-13-16-10-17(14-24)12-18(11-16)15-24/h2-5,16-18,21H,6-15H2,1H3,(H,26,29)/t16?,17?,18?,21-,24?/m0/s1. The first kappa shape index (κ1) is 20.3. The molecule has 1 N–H and O–H groups in total. The van der Waals surface area contributed by atoms with Gasteiger partial charge in [0, 0.05) is 42.2 Å². The van der Waals surface area contributed by atoms with Gasteiger partial charge in [0.25, 0.3) is 5.91 Å². The summed E-state index contributed by atoms with van der Waals surface area (Å²) < 4.78 is 0.